The van der Waals surface area contributed by atoms with E-state index in [1.54, 1.807) is 43.6 Å². The van der Waals surface area contributed by atoms with Gasteiger partial charge < -0.3 is 9.47 Å². The predicted molar refractivity (Wildman–Crippen MR) is 79.5 cm³/mol. The summed E-state index contributed by atoms with van der Waals surface area (Å²) in [6, 6.07) is 8.70. The second kappa shape index (κ2) is 6.26. The van der Waals surface area contributed by atoms with Crippen molar-refractivity contribution in [2.75, 3.05) is 7.11 Å². The number of rotatable bonds is 5. The molecule has 0 spiro atoms. The predicted octanol–water partition coefficient (Wildman–Crippen LogP) is 0.344. The van der Waals surface area contributed by atoms with Crippen LogP contribution in [0.25, 0.3) is 5.69 Å². The summed E-state index contributed by atoms with van der Waals surface area (Å²) in [5.41, 5.74) is 0.827. The fraction of sp³-hybridized carbons (Fsp3) is 0.214. The average molecular weight is 314 g/mol. The molecule has 0 saturated heterocycles. The Labute approximate surface area is 131 Å². The van der Waals surface area contributed by atoms with Crippen molar-refractivity contribution in [2.45, 2.75) is 6.61 Å². The van der Waals surface area contributed by atoms with Gasteiger partial charge in [-0.05, 0) is 28.6 Å². The number of nitrogens with zero attached hydrogens (tertiary/aromatic N) is 6. The Bertz CT molecular complexity index is 858. The molecular weight excluding hydrogens is 300 g/mol. The molecule has 0 N–H and O–H groups in total. The zero-order chi connectivity index (χ0) is 16.2. The van der Waals surface area contributed by atoms with Gasteiger partial charge in [0.25, 0.3) is 0 Å². The molecule has 118 valence electrons. The lowest BCUT2D eigenvalue weighted by atomic mass is 10.1. The molecule has 0 aliphatic rings. The molecule has 0 aliphatic heterocycles. The lowest BCUT2D eigenvalue weighted by Crippen LogP contribution is -2.23. The first kappa shape index (κ1) is 14.7. The molecule has 3 aromatic rings. The SMILES string of the molecule is COc1cccc(-n2nnn(C)c2=O)c1COc1cccnn1. The van der Waals surface area contributed by atoms with Crippen LogP contribution in [0.1, 0.15) is 5.56 Å². The van der Waals surface area contributed by atoms with Crippen LogP contribution in [0.15, 0.2) is 41.3 Å². The molecule has 0 atom stereocenters. The number of aromatic nitrogens is 6. The molecule has 2 heterocycles. The highest BCUT2D eigenvalue weighted by molar-refractivity contribution is 5.48. The van der Waals surface area contributed by atoms with Gasteiger partial charge in [-0.25, -0.2) is 4.79 Å². The van der Waals surface area contributed by atoms with Crippen LogP contribution in [-0.4, -0.2) is 37.1 Å². The lowest BCUT2D eigenvalue weighted by Gasteiger charge is -2.13. The lowest BCUT2D eigenvalue weighted by molar-refractivity contribution is 0.281. The van der Waals surface area contributed by atoms with Crippen LogP contribution in [0, 0.1) is 0 Å². The van der Waals surface area contributed by atoms with Gasteiger partial charge in [0.05, 0.1) is 18.4 Å². The zero-order valence-corrected chi connectivity index (χ0v) is 12.6. The molecule has 0 amide bonds. The normalized spacial score (nSPS) is 10.5. The van der Waals surface area contributed by atoms with Crippen molar-refractivity contribution in [1.29, 1.82) is 0 Å². The Hall–Kier alpha value is -3.23. The third-order valence-corrected chi connectivity index (χ3v) is 3.19. The van der Waals surface area contributed by atoms with E-state index in [9.17, 15) is 4.79 Å². The first-order valence-corrected chi connectivity index (χ1v) is 6.76. The molecule has 0 fully saturated rings. The van der Waals surface area contributed by atoms with Crippen molar-refractivity contribution in [2.24, 2.45) is 7.05 Å². The maximum atomic E-state index is 12.1. The van der Waals surface area contributed by atoms with Gasteiger partial charge in [-0.3, -0.25) is 0 Å². The van der Waals surface area contributed by atoms with E-state index in [0.29, 0.717) is 22.9 Å². The van der Waals surface area contributed by atoms with E-state index in [1.807, 2.05) is 0 Å². The monoisotopic (exact) mass is 314 g/mol. The highest BCUT2D eigenvalue weighted by Crippen LogP contribution is 2.25. The molecule has 1 aromatic carbocycles. The van der Waals surface area contributed by atoms with Gasteiger partial charge >= 0.3 is 5.69 Å². The quantitative estimate of drug-likeness (QED) is 0.670. The van der Waals surface area contributed by atoms with Crippen LogP contribution in [0.2, 0.25) is 0 Å². The van der Waals surface area contributed by atoms with E-state index in [-0.39, 0.29) is 12.3 Å². The topological polar surface area (TPSA) is 97.0 Å². The molecular formula is C14H14N6O3. The number of ether oxygens (including phenoxy) is 2. The number of tetrazole rings is 1. The molecule has 0 saturated carbocycles. The van der Waals surface area contributed by atoms with Crippen molar-refractivity contribution in [3.05, 3.63) is 52.6 Å². The highest BCUT2D eigenvalue weighted by Gasteiger charge is 2.16. The van der Waals surface area contributed by atoms with E-state index < -0.39 is 0 Å². The average Bonchev–Trinajstić information content (AvgIpc) is 2.92. The minimum absolute atomic E-state index is 0.140. The van der Waals surface area contributed by atoms with Crippen LogP contribution in [0.4, 0.5) is 0 Å². The molecule has 2 aromatic heterocycles. The second-order valence-corrected chi connectivity index (χ2v) is 4.61. The Morgan fingerprint density at radius 2 is 2.04 bits per heavy atom. The van der Waals surface area contributed by atoms with Gasteiger partial charge in [-0.2, -0.15) is 14.5 Å². The van der Waals surface area contributed by atoms with Crippen molar-refractivity contribution < 1.29 is 9.47 Å². The highest BCUT2D eigenvalue weighted by atomic mass is 16.5. The molecule has 0 radical (unpaired) electrons. The number of hydrogen-bond acceptors (Lipinski definition) is 7. The van der Waals surface area contributed by atoms with Gasteiger partial charge in [0.15, 0.2) is 0 Å². The van der Waals surface area contributed by atoms with Gasteiger partial charge in [0, 0.05) is 19.3 Å². The Kier molecular flexibility index (Phi) is 4.00. The van der Waals surface area contributed by atoms with Gasteiger partial charge in [-0.1, -0.05) is 6.07 Å². The van der Waals surface area contributed by atoms with Crippen LogP contribution < -0.4 is 15.2 Å². The summed E-state index contributed by atoms with van der Waals surface area (Å²) in [5, 5.41) is 15.2. The minimum Gasteiger partial charge on any atom is -0.496 e. The fourth-order valence-electron chi connectivity index (χ4n) is 2.06. The summed E-state index contributed by atoms with van der Waals surface area (Å²) in [4.78, 5) is 12.1. The summed E-state index contributed by atoms with van der Waals surface area (Å²) in [5.74, 6) is 0.944. The first-order chi connectivity index (χ1) is 11.2. The third-order valence-electron chi connectivity index (χ3n) is 3.19. The van der Waals surface area contributed by atoms with Gasteiger partial charge in [0.1, 0.15) is 12.4 Å². The maximum Gasteiger partial charge on any atom is 0.368 e. The summed E-state index contributed by atoms with van der Waals surface area (Å²) in [6.07, 6.45) is 1.56. The second-order valence-electron chi connectivity index (χ2n) is 4.61. The van der Waals surface area contributed by atoms with Gasteiger partial charge in [0.2, 0.25) is 5.88 Å². The number of aryl methyl sites for hydroxylation is 1. The van der Waals surface area contributed by atoms with E-state index in [0.717, 1.165) is 4.68 Å². The molecule has 9 heteroatoms. The first-order valence-electron chi connectivity index (χ1n) is 6.76. The van der Waals surface area contributed by atoms with E-state index in [2.05, 4.69) is 20.6 Å². The minimum atomic E-state index is -0.362. The summed E-state index contributed by atoms with van der Waals surface area (Å²) < 4.78 is 13.3. The molecule has 0 unspecified atom stereocenters. The molecule has 3 rings (SSSR count). The third kappa shape index (κ3) is 2.89. The number of hydrogen-bond donors (Lipinski definition) is 0. The Morgan fingerprint density at radius 1 is 1.17 bits per heavy atom. The molecule has 9 nitrogen and oxygen atoms in total. The molecule has 23 heavy (non-hydrogen) atoms. The molecule has 0 aliphatic carbocycles. The van der Waals surface area contributed by atoms with Crippen LogP contribution in [0.3, 0.4) is 0 Å². The van der Waals surface area contributed by atoms with E-state index >= 15 is 0 Å². The smallest absolute Gasteiger partial charge is 0.368 e. The summed E-state index contributed by atoms with van der Waals surface area (Å²) in [6.45, 7) is 0.140. The fourth-order valence-corrected chi connectivity index (χ4v) is 2.06. The Morgan fingerprint density at radius 3 is 2.70 bits per heavy atom. The van der Waals surface area contributed by atoms with E-state index in [1.165, 1.54) is 11.7 Å². The summed E-state index contributed by atoms with van der Waals surface area (Å²) in [7, 11) is 3.08. The van der Waals surface area contributed by atoms with Crippen LogP contribution in [0.5, 0.6) is 11.6 Å². The van der Waals surface area contributed by atoms with Crippen molar-refractivity contribution in [3.8, 4) is 17.3 Å². The van der Waals surface area contributed by atoms with Gasteiger partial charge in [-0.15, -0.1) is 5.10 Å². The standard InChI is InChI=1S/C14H14N6O3/c1-19-14(21)20(18-17-19)11-5-3-6-12(22-2)10(11)9-23-13-7-4-8-15-16-13/h3-8H,9H2,1-2H3. The van der Waals surface area contributed by atoms with Crippen molar-refractivity contribution in [3.63, 3.8) is 0 Å². The molecule has 0 bridgehead atoms. The number of benzene rings is 1. The van der Waals surface area contributed by atoms with Crippen LogP contribution in [-0.2, 0) is 13.7 Å². The Balaban J connectivity index is 2.00. The van der Waals surface area contributed by atoms with Crippen LogP contribution >= 0.6 is 0 Å². The zero-order valence-electron chi connectivity index (χ0n) is 12.6. The number of methoxy groups -OCH3 is 1. The maximum absolute atomic E-state index is 12.1. The summed E-state index contributed by atoms with van der Waals surface area (Å²) >= 11 is 0. The van der Waals surface area contributed by atoms with Crippen molar-refractivity contribution >= 4 is 0 Å². The largest absolute Gasteiger partial charge is 0.496 e. The van der Waals surface area contributed by atoms with Crippen molar-refractivity contribution in [1.82, 2.24) is 30.0 Å². The van der Waals surface area contributed by atoms with E-state index in [4.69, 9.17) is 9.47 Å².